The second-order valence-corrected chi connectivity index (χ2v) is 5.09. The zero-order valence-electron chi connectivity index (χ0n) is 10.4. The van der Waals surface area contributed by atoms with Gasteiger partial charge in [-0.1, -0.05) is 12.1 Å². The summed E-state index contributed by atoms with van der Waals surface area (Å²) >= 11 is 3.40. The number of nitrogens with zero attached hydrogens (tertiary/aromatic N) is 1. The third kappa shape index (κ3) is 2.58. The molecule has 1 aromatic carbocycles. The summed E-state index contributed by atoms with van der Waals surface area (Å²) in [4.78, 5) is 14.1. The molecule has 18 heavy (non-hydrogen) atoms. The molecule has 0 aliphatic carbocycles. The summed E-state index contributed by atoms with van der Waals surface area (Å²) in [5.41, 5.74) is 0.670. The van der Waals surface area contributed by atoms with Crippen LogP contribution in [-0.2, 0) is 9.47 Å². The van der Waals surface area contributed by atoms with Crippen LogP contribution in [0.25, 0.3) is 0 Å². The van der Waals surface area contributed by atoms with Gasteiger partial charge in [0.2, 0.25) is 0 Å². The average molecular weight is 314 g/mol. The molecular weight excluding hydrogens is 298 g/mol. The minimum absolute atomic E-state index is 0.00377. The van der Waals surface area contributed by atoms with Crippen LogP contribution in [0.15, 0.2) is 28.7 Å². The van der Waals surface area contributed by atoms with Crippen LogP contribution in [0.4, 0.5) is 0 Å². The van der Waals surface area contributed by atoms with Crippen LogP contribution in [0.5, 0.6) is 0 Å². The van der Waals surface area contributed by atoms with E-state index in [9.17, 15) is 4.79 Å². The Kier molecular flexibility index (Phi) is 4.37. The van der Waals surface area contributed by atoms with Gasteiger partial charge in [0.25, 0.3) is 5.91 Å². The van der Waals surface area contributed by atoms with Crippen molar-refractivity contribution in [1.82, 2.24) is 4.90 Å². The summed E-state index contributed by atoms with van der Waals surface area (Å²) in [7, 11) is 3.28. The molecule has 1 aromatic rings. The lowest BCUT2D eigenvalue weighted by Gasteiger charge is -2.16. The Morgan fingerprint density at radius 2 is 1.78 bits per heavy atom. The zero-order chi connectivity index (χ0) is 13.1. The number of hydrogen-bond donors (Lipinski definition) is 0. The Labute approximate surface area is 115 Å². The molecule has 4 nitrogen and oxygen atoms in total. The summed E-state index contributed by atoms with van der Waals surface area (Å²) in [6, 6.07) is 7.43. The lowest BCUT2D eigenvalue weighted by Crippen LogP contribution is -2.30. The Morgan fingerprint density at radius 3 is 2.28 bits per heavy atom. The number of benzene rings is 1. The number of amides is 1. The van der Waals surface area contributed by atoms with Gasteiger partial charge in [-0.25, -0.2) is 0 Å². The van der Waals surface area contributed by atoms with Gasteiger partial charge in [0.1, 0.15) is 12.2 Å². The highest BCUT2D eigenvalue weighted by Gasteiger charge is 2.36. The number of ether oxygens (including phenoxy) is 2. The topological polar surface area (TPSA) is 38.8 Å². The van der Waals surface area contributed by atoms with Crippen molar-refractivity contribution in [3.05, 3.63) is 34.3 Å². The maximum atomic E-state index is 12.4. The normalized spacial score (nSPS) is 23.4. The second kappa shape index (κ2) is 5.82. The molecule has 1 saturated heterocycles. The monoisotopic (exact) mass is 313 g/mol. The lowest BCUT2D eigenvalue weighted by atomic mass is 10.2. The Morgan fingerprint density at radius 1 is 1.22 bits per heavy atom. The third-order valence-corrected chi connectivity index (χ3v) is 3.90. The highest BCUT2D eigenvalue weighted by atomic mass is 79.9. The quantitative estimate of drug-likeness (QED) is 0.856. The summed E-state index contributed by atoms with van der Waals surface area (Å²) in [5, 5.41) is 0. The molecule has 0 radical (unpaired) electrons. The number of likely N-dealkylation sites (tertiary alicyclic amines) is 1. The van der Waals surface area contributed by atoms with E-state index in [-0.39, 0.29) is 18.1 Å². The van der Waals surface area contributed by atoms with Crippen molar-refractivity contribution < 1.29 is 14.3 Å². The number of carbonyl (C=O) groups is 1. The predicted molar refractivity (Wildman–Crippen MR) is 71.6 cm³/mol. The third-order valence-electron chi connectivity index (χ3n) is 3.21. The molecule has 0 spiro atoms. The molecule has 1 aliphatic heterocycles. The molecule has 2 rings (SSSR count). The van der Waals surface area contributed by atoms with Crippen molar-refractivity contribution in [2.75, 3.05) is 27.3 Å². The van der Waals surface area contributed by atoms with Gasteiger partial charge in [-0.15, -0.1) is 0 Å². The molecule has 1 amide bonds. The van der Waals surface area contributed by atoms with Crippen LogP contribution in [0.2, 0.25) is 0 Å². The van der Waals surface area contributed by atoms with E-state index in [1.165, 1.54) is 0 Å². The standard InChI is InChI=1S/C13H16BrNO3/c1-17-11-7-15(8-12(11)18-2)13(16)9-5-3-4-6-10(9)14/h3-6,11-12H,7-8H2,1-2H3. The fourth-order valence-corrected chi connectivity index (χ4v) is 2.62. The first-order valence-corrected chi connectivity index (χ1v) is 6.56. The number of halogens is 1. The smallest absolute Gasteiger partial charge is 0.255 e. The van der Waals surface area contributed by atoms with E-state index < -0.39 is 0 Å². The molecule has 1 aliphatic rings. The van der Waals surface area contributed by atoms with Gasteiger partial charge in [-0.2, -0.15) is 0 Å². The number of rotatable bonds is 3. The highest BCUT2D eigenvalue weighted by molar-refractivity contribution is 9.10. The van der Waals surface area contributed by atoms with Gasteiger partial charge in [0.15, 0.2) is 0 Å². The first kappa shape index (κ1) is 13.5. The van der Waals surface area contributed by atoms with E-state index in [0.717, 1.165) is 4.47 Å². The zero-order valence-corrected chi connectivity index (χ0v) is 12.0. The maximum Gasteiger partial charge on any atom is 0.255 e. The van der Waals surface area contributed by atoms with E-state index in [1.54, 1.807) is 19.1 Å². The van der Waals surface area contributed by atoms with Crippen LogP contribution in [-0.4, -0.2) is 50.3 Å². The van der Waals surface area contributed by atoms with Crippen LogP contribution in [0, 0.1) is 0 Å². The number of methoxy groups -OCH3 is 2. The van der Waals surface area contributed by atoms with Gasteiger partial charge < -0.3 is 14.4 Å². The van der Waals surface area contributed by atoms with Crippen molar-refractivity contribution in [3.8, 4) is 0 Å². The molecular formula is C13H16BrNO3. The van der Waals surface area contributed by atoms with Crippen LogP contribution in [0.1, 0.15) is 10.4 Å². The molecule has 0 bridgehead atoms. The van der Waals surface area contributed by atoms with Gasteiger partial charge in [0.05, 0.1) is 5.56 Å². The molecule has 0 N–H and O–H groups in total. The fraction of sp³-hybridized carbons (Fsp3) is 0.462. The van der Waals surface area contributed by atoms with E-state index in [4.69, 9.17) is 9.47 Å². The SMILES string of the molecule is COC1CN(C(=O)c2ccccc2Br)CC1OC. The number of hydrogen-bond acceptors (Lipinski definition) is 3. The van der Waals surface area contributed by atoms with E-state index in [2.05, 4.69) is 15.9 Å². The molecule has 0 aromatic heterocycles. The van der Waals surface area contributed by atoms with Gasteiger partial charge in [-0.3, -0.25) is 4.79 Å². The van der Waals surface area contributed by atoms with Gasteiger partial charge >= 0.3 is 0 Å². The molecule has 2 unspecified atom stereocenters. The fourth-order valence-electron chi connectivity index (χ4n) is 2.17. The Hall–Kier alpha value is -0.910. The first-order valence-electron chi connectivity index (χ1n) is 5.76. The van der Waals surface area contributed by atoms with Crippen LogP contribution >= 0.6 is 15.9 Å². The van der Waals surface area contributed by atoms with Crippen LogP contribution < -0.4 is 0 Å². The molecule has 0 saturated carbocycles. The van der Waals surface area contributed by atoms with Crippen molar-refractivity contribution in [2.45, 2.75) is 12.2 Å². The minimum atomic E-state index is -0.0542. The van der Waals surface area contributed by atoms with E-state index in [1.807, 2.05) is 24.3 Å². The molecule has 1 heterocycles. The van der Waals surface area contributed by atoms with Crippen molar-refractivity contribution in [1.29, 1.82) is 0 Å². The largest absolute Gasteiger partial charge is 0.377 e. The second-order valence-electron chi connectivity index (χ2n) is 4.24. The lowest BCUT2D eigenvalue weighted by molar-refractivity contribution is -0.00461. The van der Waals surface area contributed by atoms with Crippen LogP contribution in [0.3, 0.4) is 0 Å². The van der Waals surface area contributed by atoms with Crippen molar-refractivity contribution in [2.24, 2.45) is 0 Å². The molecule has 98 valence electrons. The molecule has 2 atom stereocenters. The predicted octanol–water partition coefficient (Wildman–Crippen LogP) is 1.93. The average Bonchev–Trinajstić information content (AvgIpc) is 2.81. The molecule has 5 heteroatoms. The van der Waals surface area contributed by atoms with Gasteiger partial charge in [0, 0.05) is 31.8 Å². The Bertz CT molecular complexity index is 426. The summed E-state index contributed by atoms with van der Waals surface area (Å²) in [6.07, 6.45) is -0.108. The number of carbonyl (C=O) groups excluding carboxylic acids is 1. The van der Waals surface area contributed by atoms with Gasteiger partial charge in [-0.05, 0) is 28.1 Å². The van der Waals surface area contributed by atoms with E-state index >= 15 is 0 Å². The summed E-state index contributed by atoms with van der Waals surface area (Å²) in [6.45, 7) is 1.13. The summed E-state index contributed by atoms with van der Waals surface area (Å²) < 4.78 is 11.5. The summed E-state index contributed by atoms with van der Waals surface area (Å²) in [5.74, 6) is 0.00377. The molecule has 1 fully saturated rings. The first-order chi connectivity index (χ1) is 8.67. The maximum absolute atomic E-state index is 12.4. The van der Waals surface area contributed by atoms with Crippen molar-refractivity contribution >= 4 is 21.8 Å². The Balaban J connectivity index is 2.14. The minimum Gasteiger partial charge on any atom is -0.377 e. The van der Waals surface area contributed by atoms with Crippen molar-refractivity contribution in [3.63, 3.8) is 0 Å². The highest BCUT2D eigenvalue weighted by Crippen LogP contribution is 2.22. The van der Waals surface area contributed by atoms with E-state index in [0.29, 0.717) is 18.7 Å².